The molecule has 0 aliphatic heterocycles. The van der Waals surface area contributed by atoms with Crippen LogP contribution in [-0.4, -0.2) is 19.5 Å². The van der Waals surface area contributed by atoms with E-state index in [-0.39, 0.29) is 0 Å². The zero-order valence-corrected chi connectivity index (χ0v) is 35.1. The summed E-state index contributed by atoms with van der Waals surface area (Å²) in [6.45, 7) is 0. The van der Waals surface area contributed by atoms with Crippen molar-refractivity contribution in [3.05, 3.63) is 193 Å². The van der Waals surface area contributed by atoms with E-state index in [0.717, 1.165) is 77.6 Å². The van der Waals surface area contributed by atoms with Gasteiger partial charge in [0.1, 0.15) is 11.2 Å². The number of furan rings is 1. The van der Waals surface area contributed by atoms with Gasteiger partial charge >= 0.3 is 0 Å². The molecule has 0 unspecified atom stereocenters. The molecule has 5 nitrogen and oxygen atoms in total. The lowest BCUT2D eigenvalue weighted by Gasteiger charge is -2.15. The van der Waals surface area contributed by atoms with E-state index in [4.69, 9.17) is 19.4 Å². The lowest BCUT2D eigenvalue weighted by molar-refractivity contribution is 0.669. The molecule has 4 aromatic heterocycles. The number of hydrogen-bond donors (Lipinski definition) is 0. The smallest absolute Gasteiger partial charge is 0.238 e. The van der Waals surface area contributed by atoms with E-state index in [9.17, 15) is 0 Å². The fraction of sp³-hybridized carbons (Fsp3) is 0.0172. The lowest BCUT2D eigenvalue weighted by atomic mass is 9.92. The van der Waals surface area contributed by atoms with Gasteiger partial charge in [-0.2, -0.15) is 9.97 Å². The highest BCUT2D eigenvalue weighted by molar-refractivity contribution is 7.25. The number of hydrogen-bond acceptors (Lipinski definition) is 5. The van der Waals surface area contributed by atoms with E-state index >= 15 is 0 Å². The van der Waals surface area contributed by atoms with Gasteiger partial charge in [-0.15, -0.1) is 11.3 Å². The minimum atomic E-state index is 0.547. The first-order valence-corrected chi connectivity index (χ1v) is 22.5. The Kier molecular flexibility index (Phi) is 7.55. The average Bonchev–Trinajstić information content (AvgIpc) is 3.97. The Hall–Kier alpha value is -8.19. The van der Waals surface area contributed by atoms with Crippen LogP contribution in [0.1, 0.15) is 17.5 Å². The number of allylic oxidation sites excluding steroid dienone is 2. The molecule has 0 bridgehead atoms. The molecule has 1 aliphatic rings. The van der Waals surface area contributed by atoms with Crippen molar-refractivity contribution in [1.82, 2.24) is 19.5 Å². The Morgan fingerprint density at radius 3 is 1.98 bits per heavy atom. The molecule has 0 amide bonds. The van der Waals surface area contributed by atoms with Crippen molar-refractivity contribution in [3.63, 3.8) is 0 Å². The van der Waals surface area contributed by atoms with Gasteiger partial charge in [-0.3, -0.25) is 4.57 Å². The van der Waals surface area contributed by atoms with E-state index in [1.807, 2.05) is 23.5 Å². The zero-order chi connectivity index (χ0) is 41.9. The normalized spacial score (nSPS) is 12.8. The van der Waals surface area contributed by atoms with Gasteiger partial charge in [-0.05, 0) is 75.7 Å². The summed E-state index contributed by atoms with van der Waals surface area (Å²) < 4.78 is 11.3. The van der Waals surface area contributed by atoms with E-state index in [1.165, 1.54) is 47.6 Å². The summed E-state index contributed by atoms with van der Waals surface area (Å²) in [5.41, 5.74) is 10.2. The molecular formula is C58H34N4OS. The van der Waals surface area contributed by atoms with Crippen LogP contribution in [-0.2, 0) is 0 Å². The van der Waals surface area contributed by atoms with Crippen LogP contribution in [0.3, 0.4) is 0 Å². The summed E-state index contributed by atoms with van der Waals surface area (Å²) in [5, 5.41) is 11.6. The molecule has 4 heterocycles. The van der Waals surface area contributed by atoms with Crippen LogP contribution in [0.2, 0.25) is 0 Å². The molecule has 0 fully saturated rings. The molecule has 64 heavy (non-hydrogen) atoms. The van der Waals surface area contributed by atoms with Gasteiger partial charge < -0.3 is 4.42 Å². The van der Waals surface area contributed by atoms with Gasteiger partial charge in [0.2, 0.25) is 5.95 Å². The average molecular weight is 835 g/mol. The number of aromatic nitrogens is 4. The fourth-order valence-corrected chi connectivity index (χ4v) is 11.3. The first kappa shape index (κ1) is 35.4. The molecular weight excluding hydrogens is 801 g/mol. The quantitative estimate of drug-likeness (QED) is 0.177. The number of rotatable bonds is 4. The minimum absolute atomic E-state index is 0.547. The van der Waals surface area contributed by atoms with Crippen LogP contribution in [0.25, 0.3) is 137 Å². The summed E-state index contributed by atoms with van der Waals surface area (Å²) in [6.07, 6.45) is 10.0. The second-order valence-corrected chi connectivity index (χ2v) is 17.7. The predicted octanol–water partition coefficient (Wildman–Crippen LogP) is 16.0. The van der Waals surface area contributed by atoms with Crippen LogP contribution >= 0.6 is 11.3 Å². The lowest BCUT2D eigenvalue weighted by Crippen LogP contribution is -2.07. The van der Waals surface area contributed by atoms with Crippen molar-refractivity contribution in [2.45, 2.75) is 6.42 Å². The second-order valence-electron chi connectivity index (χ2n) is 16.6. The molecule has 14 rings (SSSR count). The van der Waals surface area contributed by atoms with E-state index < -0.39 is 0 Å². The Bertz CT molecular complexity index is 4180. The zero-order valence-electron chi connectivity index (χ0n) is 34.3. The highest BCUT2D eigenvalue weighted by atomic mass is 32.1. The maximum Gasteiger partial charge on any atom is 0.238 e. The largest absolute Gasteiger partial charge is 0.456 e. The fourth-order valence-electron chi connectivity index (χ4n) is 10.2. The van der Waals surface area contributed by atoms with Crippen molar-refractivity contribution < 1.29 is 4.42 Å². The first-order valence-electron chi connectivity index (χ1n) is 21.7. The third-order valence-electron chi connectivity index (χ3n) is 13.0. The van der Waals surface area contributed by atoms with E-state index in [2.05, 4.69) is 187 Å². The number of benzene rings is 9. The van der Waals surface area contributed by atoms with Crippen molar-refractivity contribution in [3.8, 4) is 39.9 Å². The third kappa shape index (κ3) is 5.20. The van der Waals surface area contributed by atoms with Gasteiger partial charge in [0.25, 0.3) is 0 Å². The summed E-state index contributed by atoms with van der Waals surface area (Å²) >= 11 is 1.84. The van der Waals surface area contributed by atoms with Crippen LogP contribution < -0.4 is 0 Å². The Morgan fingerprint density at radius 2 is 1.09 bits per heavy atom. The Balaban J connectivity index is 1.15. The van der Waals surface area contributed by atoms with Crippen molar-refractivity contribution >= 4 is 109 Å². The third-order valence-corrected chi connectivity index (χ3v) is 14.2. The molecule has 298 valence electrons. The molecule has 6 heteroatoms. The van der Waals surface area contributed by atoms with E-state index in [0.29, 0.717) is 17.6 Å². The topological polar surface area (TPSA) is 56.7 Å². The minimum Gasteiger partial charge on any atom is -0.456 e. The van der Waals surface area contributed by atoms with Crippen LogP contribution in [0.4, 0.5) is 0 Å². The van der Waals surface area contributed by atoms with Crippen LogP contribution in [0.15, 0.2) is 186 Å². The molecule has 9 aromatic carbocycles. The van der Waals surface area contributed by atoms with Crippen LogP contribution in [0.5, 0.6) is 0 Å². The molecule has 0 saturated carbocycles. The van der Waals surface area contributed by atoms with Crippen molar-refractivity contribution in [1.29, 1.82) is 0 Å². The Morgan fingerprint density at radius 1 is 0.438 bits per heavy atom. The summed E-state index contributed by atoms with van der Waals surface area (Å²) in [6, 6.07) is 60.4. The molecule has 0 N–H and O–H groups in total. The maximum atomic E-state index is 6.44. The van der Waals surface area contributed by atoms with Gasteiger partial charge in [-0.25, -0.2) is 4.98 Å². The van der Waals surface area contributed by atoms with Gasteiger partial charge in [0.15, 0.2) is 11.6 Å². The summed E-state index contributed by atoms with van der Waals surface area (Å²) in [7, 11) is 0. The standard InChI is InChI=1S/C58H34N4OS/c1-2-16-38-39-17-6-7-20-44(39)55-53(42(38)19-3-1)47-24-12-23-45(43-22-13-27-51-52(43)46-21-9-11-26-50(46)64-51)54(47)62(55)58-60-56(36-29-28-34-14-4-5-15-35(34)32-36)59-57(61-58)37-30-31-41-40-18-8-10-25-48(40)63-49(41)33-37/h2-33H,1H2. The highest BCUT2D eigenvalue weighted by Gasteiger charge is 2.26. The van der Waals surface area contributed by atoms with Gasteiger partial charge in [-0.1, -0.05) is 158 Å². The molecule has 1 aliphatic carbocycles. The molecule has 0 atom stereocenters. The molecule has 0 radical (unpaired) electrons. The maximum absolute atomic E-state index is 6.44. The Labute approximate surface area is 370 Å². The summed E-state index contributed by atoms with van der Waals surface area (Å²) in [5.74, 6) is 1.71. The predicted molar refractivity (Wildman–Crippen MR) is 268 cm³/mol. The molecule has 13 aromatic rings. The highest BCUT2D eigenvalue weighted by Crippen LogP contribution is 2.48. The van der Waals surface area contributed by atoms with Gasteiger partial charge in [0, 0.05) is 63.8 Å². The number of fused-ring (bicyclic) bond motifs is 15. The first-order chi connectivity index (χ1) is 31.7. The van der Waals surface area contributed by atoms with Crippen LogP contribution in [0, 0.1) is 0 Å². The number of nitrogens with zero attached hydrogens (tertiary/aromatic N) is 4. The van der Waals surface area contributed by atoms with Crippen molar-refractivity contribution in [2.24, 2.45) is 0 Å². The monoisotopic (exact) mass is 834 g/mol. The second kappa shape index (κ2) is 13.7. The number of thiophene rings is 1. The molecule has 0 spiro atoms. The SMILES string of the molecule is C1=Cc2c(c3c4cccc(-c5cccc6sc7ccccc7c56)c4n(-c4nc(-c5ccc6ccccc6c5)nc(-c5ccc6c(c5)oc5ccccc56)n4)c3c3ccccc23)C=CC1. The summed E-state index contributed by atoms with van der Waals surface area (Å²) in [4.78, 5) is 16.4. The molecule has 0 saturated heterocycles. The van der Waals surface area contributed by atoms with Gasteiger partial charge in [0.05, 0.1) is 11.0 Å². The van der Waals surface area contributed by atoms with Crippen molar-refractivity contribution in [2.75, 3.05) is 0 Å². The number of para-hydroxylation sites is 2. The van der Waals surface area contributed by atoms with E-state index in [1.54, 1.807) is 0 Å².